The molecule has 9 nitrogen and oxygen atoms in total. The first-order chi connectivity index (χ1) is 16.7. The number of fused-ring (bicyclic) bond motifs is 1. The normalized spacial score (nSPS) is 13.4. The molecule has 0 bridgehead atoms. The molecule has 3 aromatic rings. The minimum absolute atomic E-state index is 0.0232. The van der Waals surface area contributed by atoms with Gasteiger partial charge in [-0.25, -0.2) is 9.18 Å². The Morgan fingerprint density at radius 1 is 1.06 bits per heavy atom. The van der Waals surface area contributed by atoms with Crippen LogP contribution in [-0.2, 0) is 26.1 Å². The van der Waals surface area contributed by atoms with Crippen molar-refractivity contribution in [2.75, 3.05) is 18.8 Å². The maximum atomic E-state index is 13.3. The molecule has 0 spiro atoms. The number of aromatic nitrogens is 2. The van der Waals surface area contributed by atoms with Crippen molar-refractivity contribution in [3.05, 3.63) is 96.9 Å². The fraction of sp³-hybridized carbons (Fsp3) is 0.280. The number of anilines is 1. The largest absolute Gasteiger partial charge is 0.384 e. The lowest BCUT2D eigenvalue weighted by Gasteiger charge is -2.29. The first-order valence-electron chi connectivity index (χ1n) is 11.2. The minimum atomic E-state index is -0.745. The lowest BCUT2D eigenvalue weighted by molar-refractivity contribution is 0.0919. The van der Waals surface area contributed by atoms with Crippen molar-refractivity contribution in [2.45, 2.75) is 33.0 Å². The van der Waals surface area contributed by atoms with E-state index in [0.717, 1.165) is 20.3 Å². The molecule has 0 saturated heterocycles. The van der Waals surface area contributed by atoms with Crippen LogP contribution in [0.5, 0.6) is 0 Å². The van der Waals surface area contributed by atoms with Gasteiger partial charge in [-0.3, -0.25) is 28.4 Å². The van der Waals surface area contributed by atoms with Crippen LogP contribution < -0.4 is 22.7 Å². The van der Waals surface area contributed by atoms with Gasteiger partial charge in [-0.15, -0.1) is 0 Å². The molecule has 2 aromatic carbocycles. The SMILES string of the molecule is CCn1c(=O)c(C(=O)CN2CCc3cccc(C(N)=O)c3C2)c(N)n(Cc2ccc(F)cc2)c1=O. The molecule has 1 amide bonds. The number of nitrogens with two attached hydrogens (primary N) is 2. The second-order valence-electron chi connectivity index (χ2n) is 8.50. The molecule has 1 aromatic heterocycles. The summed E-state index contributed by atoms with van der Waals surface area (Å²) in [6.07, 6.45) is 0.614. The predicted octanol–water partition coefficient (Wildman–Crippen LogP) is 1.14. The fourth-order valence-electron chi connectivity index (χ4n) is 4.47. The number of benzene rings is 2. The molecular weight excluding hydrogens is 453 g/mol. The molecule has 182 valence electrons. The van der Waals surface area contributed by atoms with Crippen LogP contribution in [0.25, 0.3) is 0 Å². The zero-order valence-corrected chi connectivity index (χ0v) is 19.3. The third-order valence-corrected chi connectivity index (χ3v) is 6.30. The van der Waals surface area contributed by atoms with E-state index in [-0.39, 0.29) is 31.0 Å². The Morgan fingerprint density at radius 2 is 1.77 bits per heavy atom. The van der Waals surface area contributed by atoms with Crippen molar-refractivity contribution >= 4 is 17.5 Å². The van der Waals surface area contributed by atoms with Crippen molar-refractivity contribution in [2.24, 2.45) is 5.73 Å². The summed E-state index contributed by atoms with van der Waals surface area (Å²) in [5.74, 6) is -1.72. The van der Waals surface area contributed by atoms with E-state index in [1.807, 2.05) is 11.0 Å². The molecule has 0 saturated carbocycles. The van der Waals surface area contributed by atoms with Gasteiger partial charge in [0.05, 0.1) is 13.1 Å². The average molecular weight is 480 g/mol. The van der Waals surface area contributed by atoms with Gasteiger partial charge >= 0.3 is 5.69 Å². The zero-order chi connectivity index (χ0) is 25.3. The van der Waals surface area contributed by atoms with Gasteiger partial charge in [0.25, 0.3) is 5.56 Å². The van der Waals surface area contributed by atoms with E-state index in [1.54, 1.807) is 19.1 Å². The van der Waals surface area contributed by atoms with Gasteiger partial charge in [0, 0.05) is 25.2 Å². The van der Waals surface area contributed by atoms with Crippen LogP contribution in [0.4, 0.5) is 10.2 Å². The van der Waals surface area contributed by atoms with Gasteiger partial charge in [0.2, 0.25) is 5.91 Å². The molecule has 10 heteroatoms. The van der Waals surface area contributed by atoms with Crippen molar-refractivity contribution < 1.29 is 14.0 Å². The van der Waals surface area contributed by atoms with E-state index in [4.69, 9.17) is 11.5 Å². The number of halogens is 1. The van der Waals surface area contributed by atoms with Crippen molar-refractivity contribution in [1.82, 2.24) is 14.0 Å². The number of Topliss-reactive ketones (excluding diaryl/α,β-unsaturated/α-hetero) is 1. The van der Waals surface area contributed by atoms with Crippen LogP contribution >= 0.6 is 0 Å². The number of nitrogen functional groups attached to an aromatic ring is 1. The molecule has 2 heterocycles. The monoisotopic (exact) mass is 479 g/mol. The summed E-state index contributed by atoms with van der Waals surface area (Å²) in [4.78, 5) is 52.9. The minimum Gasteiger partial charge on any atom is -0.384 e. The molecule has 0 atom stereocenters. The van der Waals surface area contributed by atoms with Crippen molar-refractivity contribution in [1.29, 1.82) is 0 Å². The Balaban J connectivity index is 1.67. The number of amides is 1. The summed E-state index contributed by atoms with van der Waals surface area (Å²) < 4.78 is 15.4. The van der Waals surface area contributed by atoms with E-state index < -0.39 is 28.8 Å². The van der Waals surface area contributed by atoms with Crippen LogP contribution in [0.2, 0.25) is 0 Å². The van der Waals surface area contributed by atoms with Crippen LogP contribution in [0.15, 0.2) is 52.1 Å². The van der Waals surface area contributed by atoms with Gasteiger partial charge in [-0.1, -0.05) is 24.3 Å². The second kappa shape index (κ2) is 9.67. The van der Waals surface area contributed by atoms with E-state index in [1.165, 1.54) is 24.3 Å². The molecule has 4 rings (SSSR count). The summed E-state index contributed by atoms with van der Waals surface area (Å²) in [5.41, 5.74) is 12.8. The Kier molecular flexibility index (Phi) is 6.65. The number of primary amides is 1. The highest BCUT2D eigenvalue weighted by Crippen LogP contribution is 2.23. The van der Waals surface area contributed by atoms with E-state index >= 15 is 0 Å². The van der Waals surface area contributed by atoms with Crippen LogP contribution in [0.1, 0.15) is 44.3 Å². The first-order valence-corrected chi connectivity index (χ1v) is 11.2. The quantitative estimate of drug-likeness (QED) is 0.488. The number of hydrogen-bond acceptors (Lipinski definition) is 6. The lowest BCUT2D eigenvalue weighted by atomic mass is 9.94. The molecule has 1 aliphatic rings. The maximum Gasteiger partial charge on any atom is 0.332 e. The number of carbonyl (C=O) groups is 2. The molecular formula is C25H26FN5O4. The molecule has 4 N–H and O–H groups in total. The Labute approximate surface area is 200 Å². The molecule has 0 unspecified atom stereocenters. The summed E-state index contributed by atoms with van der Waals surface area (Å²) >= 11 is 0. The highest BCUT2D eigenvalue weighted by atomic mass is 19.1. The highest BCUT2D eigenvalue weighted by Gasteiger charge is 2.27. The molecule has 35 heavy (non-hydrogen) atoms. The summed E-state index contributed by atoms with van der Waals surface area (Å²) in [6, 6.07) is 10.9. The lowest BCUT2D eigenvalue weighted by Crippen LogP contribution is -2.45. The number of carbonyl (C=O) groups excluding carboxylic acids is 2. The van der Waals surface area contributed by atoms with Crippen molar-refractivity contribution in [3.8, 4) is 0 Å². The van der Waals surface area contributed by atoms with Gasteiger partial charge in [-0.2, -0.15) is 0 Å². The number of nitrogens with zero attached hydrogens (tertiary/aromatic N) is 3. The third kappa shape index (κ3) is 4.65. The highest BCUT2D eigenvalue weighted by molar-refractivity contribution is 6.01. The fourth-order valence-corrected chi connectivity index (χ4v) is 4.47. The standard InChI is InChI=1S/C25H26FN5O4/c1-2-30-24(34)21(22(27)31(25(30)35)12-15-6-8-17(26)9-7-15)20(32)14-29-11-10-16-4-3-5-18(23(28)33)19(16)13-29/h3-9H,2,10-14,27H2,1H3,(H2,28,33). The average Bonchev–Trinajstić information content (AvgIpc) is 2.82. The van der Waals surface area contributed by atoms with Gasteiger partial charge < -0.3 is 11.5 Å². The number of rotatable bonds is 7. The zero-order valence-electron chi connectivity index (χ0n) is 19.3. The third-order valence-electron chi connectivity index (χ3n) is 6.30. The Bertz CT molecular complexity index is 1430. The van der Waals surface area contributed by atoms with E-state index in [0.29, 0.717) is 30.6 Å². The topological polar surface area (TPSA) is 133 Å². The summed E-state index contributed by atoms with van der Waals surface area (Å²) in [6.45, 7) is 2.40. The van der Waals surface area contributed by atoms with Crippen molar-refractivity contribution in [3.63, 3.8) is 0 Å². The molecule has 0 fully saturated rings. The van der Waals surface area contributed by atoms with E-state index in [9.17, 15) is 23.6 Å². The molecule has 1 aliphatic heterocycles. The number of hydrogen-bond donors (Lipinski definition) is 2. The van der Waals surface area contributed by atoms with Crippen LogP contribution in [0.3, 0.4) is 0 Å². The predicted molar refractivity (Wildman–Crippen MR) is 129 cm³/mol. The van der Waals surface area contributed by atoms with Gasteiger partial charge in [-0.05, 0) is 48.2 Å². The summed E-state index contributed by atoms with van der Waals surface area (Å²) in [5, 5.41) is 0. The smallest absolute Gasteiger partial charge is 0.332 e. The van der Waals surface area contributed by atoms with Crippen LogP contribution in [-0.4, -0.2) is 38.8 Å². The van der Waals surface area contributed by atoms with E-state index in [2.05, 4.69) is 0 Å². The van der Waals surface area contributed by atoms with Gasteiger partial charge in [0.15, 0.2) is 5.78 Å². The second-order valence-corrected chi connectivity index (χ2v) is 8.50. The first kappa shape index (κ1) is 24.1. The Hall–Kier alpha value is -4.05. The molecule has 0 aliphatic carbocycles. The maximum absolute atomic E-state index is 13.3. The molecule has 0 radical (unpaired) electrons. The Morgan fingerprint density at radius 3 is 2.43 bits per heavy atom. The van der Waals surface area contributed by atoms with Gasteiger partial charge in [0.1, 0.15) is 17.2 Å². The van der Waals surface area contributed by atoms with Crippen LogP contribution in [0, 0.1) is 5.82 Å². The summed E-state index contributed by atoms with van der Waals surface area (Å²) in [7, 11) is 0. The number of ketones is 1.